The van der Waals surface area contributed by atoms with E-state index in [9.17, 15) is 0 Å². The van der Waals surface area contributed by atoms with Crippen LogP contribution in [0.1, 0.15) is 12.6 Å². The van der Waals surface area contributed by atoms with Gasteiger partial charge in [-0.15, -0.1) is 0 Å². The van der Waals surface area contributed by atoms with Gasteiger partial charge in [-0.25, -0.2) is 0 Å². The van der Waals surface area contributed by atoms with Crippen LogP contribution in [0.2, 0.25) is 0 Å². The van der Waals surface area contributed by atoms with Crippen LogP contribution >= 0.6 is 0 Å². The molecule has 2 N–H and O–H groups in total. The van der Waals surface area contributed by atoms with Gasteiger partial charge in [-0.3, -0.25) is 0 Å². The van der Waals surface area contributed by atoms with E-state index in [1.165, 1.54) is 6.20 Å². The van der Waals surface area contributed by atoms with Gasteiger partial charge in [0.1, 0.15) is 0 Å². The van der Waals surface area contributed by atoms with Gasteiger partial charge >= 0.3 is 0 Å². The summed E-state index contributed by atoms with van der Waals surface area (Å²) < 4.78 is 1.04. The van der Waals surface area contributed by atoms with Crippen molar-refractivity contribution in [3.8, 4) is 0 Å². The lowest BCUT2D eigenvalue weighted by molar-refractivity contribution is 0.175. The average Bonchev–Trinajstić information content (AvgIpc) is 1.94. The molecule has 3 heteroatoms. The molecule has 0 atom stereocenters. The zero-order valence-electron chi connectivity index (χ0n) is 5.83. The van der Waals surface area contributed by atoms with Crippen LogP contribution in [0.4, 0.5) is 0 Å². The van der Waals surface area contributed by atoms with Crippen LogP contribution in [0.5, 0.6) is 0 Å². The third-order valence-corrected chi connectivity index (χ3v) is 1.37. The SMILES string of the molecule is CCc1cc(=N)ccn1O. The van der Waals surface area contributed by atoms with E-state index in [1.807, 2.05) is 6.92 Å². The van der Waals surface area contributed by atoms with Crippen LogP contribution < -0.4 is 5.36 Å². The fourth-order valence-electron chi connectivity index (χ4n) is 0.804. The largest absolute Gasteiger partial charge is 0.429 e. The third-order valence-electron chi connectivity index (χ3n) is 1.37. The molecule has 0 unspecified atom stereocenters. The number of nitrogens with zero attached hydrogens (tertiary/aromatic N) is 1. The summed E-state index contributed by atoms with van der Waals surface area (Å²) in [6.45, 7) is 1.93. The summed E-state index contributed by atoms with van der Waals surface area (Å²) in [5, 5.41) is 16.7. The topological polar surface area (TPSA) is 49.0 Å². The number of hydrogen-bond donors (Lipinski definition) is 2. The Balaban J connectivity index is 3.22. The van der Waals surface area contributed by atoms with Gasteiger partial charge < -0.3 is 10.6 Å². The highest BCUT2D eigenvalue weighted by Crippen LogP contribution is 1.92. The first kappa shape index (κ1) is 6.86. The first-order valence-corrected chi connectivity index (χ1v) is 3.19. The number of nitrogens with one attached hydrogen (secondary N) is 1. The lowest BCUT2D eigenvalue weighted by atomic mass is 10.3. The van der Waals surface area contributed by atoms with Gasteiger partial charge in [0.2, 0.25) is 0 Å². The minimum atomic E-state index is 0.433. The van der Waals surface area contributed by atoms with Gasteiger partial charge in [-0.1, -0.05) is 6.92 Å². The molecule has 0 spiro atoms. The van der Waals surface area contributed by atoms with Gasteiger partial charge in [-0.2, -0.15) is 4.73 Å². The predicted molar refractivity (Wildman–Crippen MR) is 36.8 cm³/mol. The molecule has 10 heavy (non-hydrogen) atoms. The van der Waals surface area contributed by atoms with Gasteiger partial charge in [-0.05, 0) is 18.6 Å². The van der Waals surface area contributed by atoms with E-state index in [2.05, 4.69) is 0 Å². The van der Waals surface area contributed by atoms with E-state index in [1.54, 1.807) is 12.1 Å². The van der Waals surface area contributed by atoms with Crippen LogP contribution in [0.25, 0.3) is 0 Å². The summed E-state index contributed by atoms with van der Waals surface area (Å²) in [7, 11) is 0. The highest BCUT2D eigenvalue weighted by molar-refractivity contribution is 5.03. The Kier molecular flexibility index (Phi) is 1.76. The second-order valence-electron chi connectivity index (χ2n) is 2.10. The van der Waals surface area contributed by atoms with Crippen molar-refractivity contribution < 1.29 is 5.21 Å². The van der Waals surface area contributed by atoms with Gasteiger partial charge in [0.25, 0.3) is 0 Å². The molecule has 1 rings (SSSR count). The Morgan fingerprint density at radius 3 is 2.90 bits per heavy atom. The summed E-state index contributed by atoms with van der Waals surface area (Å²) in [6, 6.07) is 3.18. The third kappa shape index (κ3) is 1.18. The molecule has 0 fully saturated rings. The van der Waals surface area contributed by atoms with E-state index in [4.69, 9.17) is 10.6 Å². The second-order valence-corrected chi connectivity index (χ2v) is 2.10. The standard InChI is InChI=1S/C7H10N2O/c1-2-7-5-6(8)3-4-9(7)10/h3-5,8,10H,2H2,1H3. The van der Waals surface area contributed by atoms with Crippen LogP contribution in [0.3, 0.4) is 0 Å². The van der Waals surface area contributed by atoms with Crippen LogP contribution in [0.15, 0.2) is 18.3 Å². The maximum Gasteiger partial charge on any atom is 0.0584 e. The fraction of sp³-hybridized carbons (Fsp3) is 0.286. The Labute approximate surface area is 59.0 Å². The molecule has 1 aromatic rings. The minimum absolute atomic E-state index is 0.433. The van der Waals surface area contributed by atoms with Gasteiger partial charge in [0.15, 0.2) is 0 Å². The fourth-order valence-corrected chi connectivity index (χ4v) is 0.804. The van der Waals surface area contributed by atoms with Gasteiger partial charge in [0, 0.05) is 6.20 Å². The number of rotatable bonds is 1. The monoisotopic (exact) mass is 138 g/mol. The summed E-state index contributed by atoms with van der Waals surface area (Å²) in [6.07, 6.45) is 2.21. The van der Waals surface area contributed by atoms with Crippen LogP contribution in [-0.4, -0.2) is 9.94 Å². The maximum absolute atomic E-state index is 9.07. The highest BCUT2D eigenvalue weighted by Gasteiger charge is 1.92. The lowest BCUT2D eigenvalue weighted by Crippen LogP contribution is -2.07. The van der Waals surface area contributed by atoms with Crippen molar-refractivity contribution in [2.24, 2.45) is 0 Å². The Morgan fingerprint density at radius 2 is 2.40 bits per heavy atom. The quantitative estimate of drug-likeness (QED) is 0.553. The van der Waals surface area contributed by atoms with Crippen molar-refractivity contribution >= 4 is 0 Å². The smallest absolute Gasteiger partial charge is 0.0584 e. The molecule has 0 aromatic carbocycles. The van der Waals surface area contributed by atoms with Crippen molar-refractivity contribution in [2.75, 3.05) is 0 Å². The van der Waals surface area contributed by atoms with E-state index in [0.717, 1.165) is 16.8 Å². The van der Waals surface area contributed by atoms with Crippen molar-refractivity contribution in [1.82, 2.24) is 4.73 Å². The molecular weight excluding hydrogens is 128 g/mol. The highest BCUT2D eigenvalue weighted by atomic mass is 16.5. The average molecular weight is 138 g/mol. The van der Waals surface area contributed by atoms with Crippen LogP contribution in [-0.2, 0) is 6.42 Å². The zero-order chi connectivity index (χ0) is 7.56. The van der Waals surface area contributed by atoms with Crippen molar-refractivity contribution in [3.63, 3.8) is 0 Å². The number of aromatic nitrogens is 1. The molecule has 3 nitrogen and oxygen atoms in total. The van der Waals surface area contributed by atoms with E-state index >= 15 is 0 Å². The van der Waals surface area contributed by atoms with Crippen molar-refractivity contribution in [2.45, 2.75) is 13.3 Å². The normalized spacial score (nSPS) is 9.70. The molecule has 0 aliphatic rings. The number of pyridine rings is 1. The molecule has 54 valence electrons. The zero-order valence-corrected chi connectivity index (χ0v) is 5.83. The summed E-state index contributed by atoms with van der Waals surface area (Å²) in [5.41, 5.74) is 0.757. The lowest BCUT2D eigenvalue weighted by Gasteiger charge is -2.01. The molecule has 0 aliphatic carbocycles. The van der Waals surface area contributed by atoms with Gasteiger partial charge in [0.05, 0.1) is 11.1 Å². The van der Waals surface area contributed by atoms with E-state index in [0.29, 0.717) is 5.36 Å². The number of aryl methyl sites for hydroxylation is 1. The van der Waals surface area contributed by atoms with Crippen LogP contribution in [0, 0.1) is 5.41 Å². The summed E-state index contributed by atoms with van der Waals surface area (Å²) >= 11 is 0. The van der Waals surface area contributed by atoms with E-state index < -0.39 is 0 Å². The molecule has 1 heterocycles. The summed E-state index contributed by atoms with van der Waals surface area (Å²) in [4.78, 5) is 0. The maximum atomic E-state index is 9.07. The molecule has 0 saturated heterocycles. The summed E-state index contributed by atoms with van der Waals surface area (Å²) in [5.74, 6) is 0. The Bertz CT molecular complexity index is 277. The first-order chi connectivity index (χ1) is 4.74. The molecule has 0 bridgehead atoms. The first-order valence-electron chi connectivity index (χ1n) is 3.19. The molecule has 0 saturated carbocycles. The number of hydrogen-bond acceptors (Lipinski definition) is 2. The molecule has 1 aromatic heterocycles. The Hall–Kier alpha value is -1.25. The van der Waals surface area contributed by atoms with Crippen molar-refractivity contribution in [1.29, 1.82) is 5.41 Å². The second kappa shape index (κ2) is 2.56. The minimum Gasteiger partial charge on any atom is -0.429 e. The molecule has 0 amide bonds. The Morgan fingerprint density at radius 1 is 1.70 bits per heavy atom. The molecular formula is C7H10N2O. The van der Waals surface area contributed by atoms with Crippen molar-refractivity contribution in [3.05, 3.63) is 29.4 Å². The predicted octanol–water partition coefficient (Wildman–Crippen LogP) is 0.767. The van der Waals surface area contributed by atoms with E-state index in [-0.39, 0.29) is 0 Å². The molecule has 0 radical (unpaired) electrons. The molecule has 0 aliphatic heterocycles.